The molecular formula is C14H21NO. The average Bonchev–Trinajstić information content (AvgIpc) is 2.30. The first-order chi connectivity index (χ1) is 7.74. The number of hydrogen-bond acceptors (Lipinski definition) is 2. The van der Waals surface area contributed by atoms with Gasteiger partial charge in [-0.25, -0.2) is 0 Å². The van der Waals surface area contributed by atoms with Crippen LogP contribution < -0.4 is 5.73 Å². The minimum absolute atomic E-state index is 0.0589. The van der Waals surface area contributed by atoms with E-state index in [4.69, 9.17) is 10.5 Å². The van der Waals surface area contributed by atoms with Crippen molar-refractivity contribution in [1.29, 1.82) is 0 Å². The Bertz CT molecular complexity index is 295. The lowest BCUT2D eigenvalue weighted by Crippen LogP contribution is -2.34. The molecule has 0 radical (unpaired) electrons. The molecule has 2 nitrogen and oxygen atoms in total. The van der Waals surface area contributed by atoms with Crippen LogP contribution >= 0.6 is 0 Å². The van der Waals surface area contributed by atoms with Crippen molar-refractivity contribution in [2.24, 2.45) is 5.73 Å². The molecule has 88 valence electrons. The molecule has 0 aliphatic rings. The van der Waals surface area contributed by atoms with E-state index in [2.05, 4.69) is 30.8 Å². The summed E-state index contributed by atoms with van der Waals surface area (Å²) in [6.45, 7) is 6.20. The van der Waals surface area contributed by atoms with Gasteiger partial charge in [0.25, 0.3) is 0 Å². The van der Waals surface area contributed by atoms with Crippen LogP contribution in [0.15, 0.2) is 43.0 Å². The molecule has 1 aromatic carbocycles. The van der Waals surface area contributed by atoms with Crippen LogP contribution in [-0.2, 0) is 11.2 Å². The van der Waals surface area contributed by atoms with Gasteiger partial charge in [-0.3, -0.25) is 0 Å². The molecule has 0 saturated carbocycles. The first kappa shape index (κ1) is 12.9. The highest BCUT2D eigenvalue weighted by Gasteiger charge is 2.13. The van der Waals surface area contributed by atoms with E-state index in [1.807, 2.05) is 13.0 Å². The summed E-state index contributed by atoms with van der Waals surface area (Å²) in [5.41, 5.74) is 7.21. The fourth-order valence-corrected chi connectivity index (χ4v) is 1.64. The third kappa shape index (κ3) is 4.60. The minimum Gasteiger partial charge on any atom is -0.373 e. The zero-order valence-corrected chi connectivity index (χ0v) is 9.93. The number of ether oxygens (including phenoxy) is 1. The van der Waals surface area contributed by atoms with Crippen LogP contribution in [0.1, 0.15) is 18.9 Å². The number of benzene rings is 1. The van der Waals surface area contributed by atoms with Gasteiger partial charge in [0.1, 0.15) is 0 Å². The maximum Gasteiger partial charge on any atom is 0.0730 e. The van der Waals surface area contributed by atoms with E-state index in [0.717, 1.165) is 12.8 Å². The molecule has 0 aromatic heterocycles. The summed E-state index contributed by atoms with van der Waals surface area (Å²) in [5.74, 6) is 0. The third-order valence-corrected chi connectivity index (χ3v) is 2.57. The predicted molar refractivity (Wildman–Crippen MR) is 68.3 cm³/mol. The summed E-state index contributed by atoms with van der Waals surface area (Å²) in [6.07, 6.45) is 3.83. The number of rotatable bonds is 7. The van der Waals surface area contributed by atoms with E-state index in [-0.39, 0.29) is 12.1 Å². The van der Waals surface area contributed by atoms with Crippen LogP contribution in [0, 0.1) is 0 Å². The zero-order valence-electron chi connectivity index (χ0n) is 9.93. The highest BCUT2D eigenvalue weighted by Crippen LogP contribution is 2.09. The van der Waals surface area contributed by atoms with E-state index < -0.39 is 0 Å². The molecule has 0 saturated heterocycles. The first-order valence-corrected chi connectivity index (χ1v) is 5.76. The largest absolute Gasteiger partial charge is 0.373 e. The molecule has 16 heavy (non-hydrogen) atoms. The van der Waals surface area contributed by atoms with Gasteiger partial charge in [0.15, 0.2) is 0 Å². The molecule has 0 spiro atoms. The molecule has 1 rings (SSSR count). The van der Waals surface area contributed by atoms with Crippen LogP contribution in [0.2, 0.25) is 0 Å². The SMILES string of the molecule is C=CCO[C@H](CCc1ccccc1)[C@H](C)N. The number of nitrogens with two attached hydrogens (primary N) is 1. The van der Waals surface area contributed by atoms with Crippen molar-refractivity contribution in [2.75, 3.05) is 6.61 Å². The standard InChI is InChI=1S/C14H21NO/c1-3-11-16-14(12(2)15)10-9-13-7-5-4-6-8-13/h3-8,12,14H,1,9-11,15H2,2H3/t12-,14+/m0/s1. The van der Waals surface area contributed by atoms with Gasteiger partial charge >= 0.3 is 0 Å². The lowest BCUT2D eigenvalue weighted by atomic mass is 10.0. The lowest BCUT2D eigenvalue weighted by molar-refractivity contribution is 0.0529. The molecule has 2 atom stereocenters. The van der Waals surface area contributed by atoms with Crippen LogP contribution in [0.4, 0.5) is 0 Å². The number of hydrogen-bond donors (Lipinski definition) is 1. The van der Waals surface area contributed by atoms with Crippen LogP contribution in [-0.4, -0.2) is 18.8 Å². The van der Waals surface area contributed by atoms with E-state index >= 15 is 0 Å². The molecule has 0 amide bonds. The Hall–Kier alpha value is -1.12. The van der Waals surface area contributed by atoms with Gasteiger partial charge in [0.2, 0.25) is 0 Å². The maximum atomic E-state index is 5.88. The Kier molecular flexibility index (Phi) is 5.83. The smallest absolute Gasteiger partial charge is 0.0730 e. The molecule has 0 unspecified atom stereocenters. The Balaban J connectivity index is 2.40. The summed E-state index contributed by atoms with van der Waals surface area (Å²) >= 11 is 0. The van der Waals surface area contributed by atoms with E-state index in [1.54, 1.807) is 6.08 Å². The quantitative estimate of drug-likeness (QED) is 0.715. The van der Waals surface area contributed by atoms with Crippen molar-refractivity contribution < 1.29 is 4.74 Å². The number of aryl methyl sites for hydroxylation is 1. The molecule has 2 N–H and O–H groups in total. The first-order valence-electron chi connectivity index (χ1n) is 5.76. The molecular weight excluding hydrogens is 198 g/mol. The van der Waals surface area contributed by atoms with Gasteiger partial charge in [-0.05, 0) is 25.3 Å². The normalized spacial score (nSPS) is 14.4. The van der Waals surface area contributed by atoms with E-state index in [1.165, 1.54) is 5.56 Å². The molecule has 1 aromatic rings. The zero-order chi connectivity index (χ0) is 11.8. The molecule has 0 heterocycles. The van der Waals surface area contributed by atoms with Gasteiger partial charge in [-0.1, -0.05) is 36.4 Å². The maximum absolute atomic E-state index is 5.88. The molecule has 0 aliphatic carbocycles. The van der Waals surface area contributed by atoms with Gasteiger partial charge in [0, 0.05) is 6.04 Å². The average molecular weight is 219 g/mol. The second kappa shape index (κ2) is 7.20. The van der Waals surface area contributed by atoms with Gasteiger partial charge in [0.05, 0.1) is 12.7 Å². The van der Waals surface area contributed by atoms with Crippen molar-refractivity contribution in [3.8, 4) is 0 Å². The molecule has 0 fully saturated rings. The van der Waals surface area contributed by atoms with Crippen LogP contribution in [0.25, 0.3) is 0 Å². The van der Waals surface area contributed by atoms with Crippen molar-refractivity contribution in [3.05, 3.63) is 48.6 Å². The summed E-state index contributed by atoms with van der Waals surface area (Å²) in [5, 5.41) is 0. The summed E-state index contributed by atoms with van der Waals surface area (Å²) < 4.78 is 5.63. The van der Waals surface area contributed by atoms with E-state index in [9.17, 15) is 0 Å². The van der Waals surface area contributed by atoms with Crippen molar-refractivity contribution in [2.45, 2.75) is 31.9 Å². The Morgan fingerprint density at radius 2 is 2.06 bits per heavy atom. The Morgan fingerprint density at radius 1 is 1.38 bits per heavy atom. The van der Waals surface area contributed by atoms with Crippen molar-refractivity contribution in [1.82, 2.24) is 0 Å². The topological polar surface area (TPSA) is 35.2 Å². The summed E-state index contributed by atoms with van der Waals surface area (Å²) in [6, 6.07) is 10.5. The highest BCUT2D eigenvalue weighted by atomic mass is 16.5. The Labute approximate surface area is 98.1 Å². The monoisotopic (exact) mass is 219 g/mol. The molecule has 2 heteroatoms. The predicted octanol–water partition coefficient (Wildman–Crippen LogP) is 2.54. The second-order valence-corrected chi connectivity index (χ2v) is 4.04. The second-order valence-electron chi connectivity index (χ2n) is 4.04. The van der Waals surface area contributed by atoms with Crippen LogP contribution in [0.5, 0.6) is 0 Å². The van der Waals surface area contributed by atoms with Gasteiger partial charge < -0.3 is 10.5 Å². The molecule has 0 bridgehead atoms. The lowest BCUT2D eigenvalue weighted by Gasteiger charge is -2.20. The summed E-state index contributed by atoms with van der Waals surface area (Å²) in [7, 11) is 0. The third-order valence-electron chi connectivity index (χ3n) is 2.57. The van der Waals surface area contributed by atoms with Gasteiger partial charge in [-0.15, -0.1) is 6.58 Å². The molecule has 0 aliphatic heterocycles. The van der Waals surface area contributed by atoms with Crippen molar-refractivity contribution >= 4 is 0 Å². The Morgan fingerprint density at radius 3 is 2.62 bits per heavy atom. The highest BCUT2D eigenvalue weighted by molar-refractivity contribution is 5.14. The fourth-order valence-electron chi connectivity index (χ4n) is 1.64. The fraction of sp³-hybridized carbons (Fsp3) is 0.429. The van der Waals surface area contributed by atoms with Gasteiger partial charge in [-0.2, -0.15) is 0 Å². The minimum atomic E-state index is 0.0589. The van der Waals surface area contributed by atoms with Crippen LogP contribution in [0.3, 0.4) is 0 Å². The summed E-state index contributed by atoms with van der Waals surface area (Å²) in [4.78, 5) is 0. The van der Waals surface area contributed by atoms with Crippen molar-refractivity contribution in [3.63, 3.8) is 0 Å². The van der Waals surface area contributed by atoms with E-state index in [0.29, 0.717) is 6.61 Å².